The first kappa shape index (κ1) is 25.9. The minimum absolute atomic E-state index is 0.161. The normalized spacial score (nSPS) is 12.8. The van der Waals surface area contributed by atoms with Gasteiger partial charge in [0.05, 0.1) is 0 Å². The smallest absolute Gasteiger partial charge is 0.0462 e. The summed E-state index contributed by atoms with van der Waals surface area (Å²) in [4.78, 5) is 0. The van der Waals surface area contributed by atoms with Crippen LogP contribution in [0.4, 0.5) is 11.4 Å². The summed E-state index contributed by atoms with van der Waals surface area (Å²) >= 11 is 0. The summed E-state index contributed by atoms with van der Waals surface area (Å²) < 4.78 is 0. The summed E-state index contributed by atoms with van der Waals surface area (Å²) in [5.74, 6) is 1.42. The van der Waals surface area contributed by atoms with E-state index in [1.54, 1.807) is 5.30 Å². The molecule has 2 heteroatoms. The lowest BCUT2D eigenvalue weighted by atomic mass is 9.86. The maximum Gasteiger partial charge on any atom is 0.0462 e. The molecule has 0 radical (unpaired) electrons. The molecule has 0 saturated heterocycles. The zero-order valence-corrected chi connectivity index (χ0v) is 22.9. The van der Waals surface area contributed by atoms with Crippen molar-refractivity contribution in [2.75, 3.05) is 17.6 Å². The fourth-order valence-electron chi connectivity index (χ4n) is 3.93. The van der Waals surface area contributed by atoms with Crippen LogP contribution in [-0.2, 0) is 10.8 Å². The molecule has 1 N–H and O–H groups in total. The lowest BCUT2D eigenvalue weighted by Gasteiger charge is -2.28. The van der Waals surface area contributed by atoms with E-state index in [1.807, 2.05) is 0 Å². The van der Waals surface area contributed by atoms with Gasteiger partial charge in [0.1, 0.15) is 0 Å². The maximum atomic E-state index is 3.84. The SMILES string of the molecule is Cc1cc(C(C)(C)C)ccc1Nc1ccc(C(C)(C)C)cc1P(CC(C)C)CC(C)C. The summed E-state index contributed by atoms with van der Waals surface area (Å²) in [5, 5.41) is 5.39. The van der Waals surface area contributed by atoms with Crippen LogP contribution in [0.5, 0.6) is 0 Å². The van der Waals surface area contributed by atoms with E-state index in [0.717, 1.165) is 0 Å². The van der Waals surface area contributed by atoms with Crippen molar-refractivity contribution in [3.8, 4) is 0 Å². The Morgan fingerprint density at radius 2 is 1.16 bits per heavy atom. The van der Waals surface area contributed by atoms with Crippen LogP contribution in [0, 0.1) is 18.8 Å². The van der Waals surface area contributed by atoms with Gasteiger partial charge in [0, 0.05) is 11.4 Å². The van der Waals surface area contributed by atoms with Gasteiger partial charge in [0.15, 0.2) is 0 Å². The third-order valence-electron chi connectivity index (χ3n) is 5.74. The van der Waals surface area contributed by atoms with Crippen molar-refractivity contribution in [2.45, 2.75) is 87.0 Å². The largest absolute Gasteiger partial charge is 0.355 e. The lowest BCUT2D eigenvalue weighted by Crippen LogP contribution is -2.20. The second-order valence-corrected chi connectivity index (χ2v) is 14.4. The number of nitrogens with one attached hydrogen (secondary N) is 1. The second kappa shape index (κ2) is 10.1. The molecule has 0 fully saturated rings. The molecule has 2 rings (SSSR count). The standard InChI is InChI=1S/C29H46NP/c1-20(2)18-31(19-21(3)4)27-17-24(29(9,10)11)13-15-26(27)30-25-14-12-23(16-22(25)5)28(6,7)8/h12-17,20-21,30H,18-19H2,1-11H3. The number of aryl methyl sites for hydroxylation is 1. The molecule has 0 aliphatic carbocycles. The Kier molecular flexibility index (Phi) is 8.43. The molecule has 0 spiro atoms. The Labute approximate surface area is 194 Å². The van der Waals surface area contributed by atoms with E-state index in [0.29, 0.717) is 11.8 Å². The molecule has 0 atom stereocenters. The minimum Gasteiger partial charge on any atom is -0.355 e. The molecular formula is C29H46NP. The number of anilines is 2. The molecule has 0 heterocycles. The molecule has 0 unspecified atom stereocenters. The van der Waals surface area contributed by atoms with Crippen molar-refractivity contribution in [1.82, 2.24) is 0 Å². The van der Waals surface area contributed by atoms with Crippen molar-refractivity contribution in [3.63, 3.8) is 0 Å². The lowest BCUT2D eigenvalue weighted by molar-refractivity contribution is 0.590. The second-order valence-electron chi connectivity index (χ2n) is 12.1. The number of rotatable bonds is 7. The molecule has 172 valence electrons. The molecule has 2 aromatic rings. The van der Waals surface area contributed by atoms with Crippen LogP contribution in [-0.4, -0.2) is 12.3 Å². The van der Waals surface area contributed by atoms with Gasteiger partial charge in [0.2, 0.25) is 0 Å². The fourth-order valence-corrected chi connectivity index (χ4v) is 7.03. The van der Waals surface area contributed by atoms with Gasteiger partial charge in [-0.15, -0.1) is 0 Å². The van der Waals surface area contributed by atoms with Crippen LogP contribution in [0.1, 0.15) is 85.9 Å². The molecule has 0 bridgehead atoms. The summed E-state index contributed by atoms with van der Waals surface area (Å²) in [7, 11) is -0.212. The third-order valence-corrected chi connectivity index (χ3v) is 9.13. The highest BCUT2D eigenvalue weighted by atomic mass is 31.1. The first-order chi connectivity index (χ1) is 14.2. The third kappa shape index (κ3) is 7.35. The summed E-state index contributed by atoms with van der Waals surface area (Å²) in [6.07, 6.45) is 2.58. The van der Waals surface area contributed by atoms with Gasteiger partial charge in [0.25, 0.3) is 0 Å². The Hall–Kier alpha value is -1.33. The number of benzene rings is 2. The first-order valence-electron chi connectivity index (χ1n) is 12.0. The molecule has 0 amide bonds. The highest BCUT2D eigenvalue weighted by Gasteiger charge is 2.22. The average molecular weight is 440 g/mol. The molecule has 31 heavy (non-hydrogen) atoms. The Bertz CT molecular complexity index is 855. The van der Waals surface area contributed by atoms with E-state index in [2.05, 4.69) is 118 Å². The first-order valence-corrected chi connectivity index (χ1v) is 13.7. The quantitative estimate of drug-likeness (QED) is 0.425. The van der Waals surface area contributed by atoms with Crippen molar-refractivity contribution in [2.24, 2.45) is 11.8 Å². The molecule has 0 aromatic heterocycles. The fraction of sp³-hybridized carbons (Fsp3) is 0.586. The molecule has 2 aromatic carbocycles. The number of hydrogen-bond donors (Lipinski definition) is 1. The van der Waals surface area contributed by atoms with E-state index in [-0.39, 0.29) is 18.8 Å². The Morgan fingerprint density at radius 1 is 0.710 bits per heavy atom. The molecule has 1 nitrogen and oxygen atoms in total. The highest BCUT2D eigenvalue weighted by Crippen LogP contribution is 2.43. The van der Waals surface area contributed by atoms with Crippen LogP contribution in [0.15, 0.2) is 36.4 Å². The summed E-state index contributed by atoms with van der Waals surface area (Å²) in [5.41, 5.74) is 7.00. The van der Waals surface area contributed by atoms with Crippen LogP contribution in [0.3, 0.4) is 0 Å². The molecule has 0 aliphatic heterocycles. The Balaban J connectivity index is 2.53. The van der Waals surface area contributed by atoms with Crippen molar-refractivity contribution < 1.29 is 0 Å². The van der Waals surface area contributed by atoms with E-state index >= 15 is 0 Å². The van der Waals surface area contributed by atoms with Crippen molar-refractivity contribution >= 4 is 24.6 Å². The van der Waals surface area contributed by atoms with Gasteiger partial charge in [-0.1, -0.05) is 95.4 Å². The van der Waals surface area contributed by atoms with Crippen LogP contribution in [0.25, 0.3) is 0 Å². The predicted molar refractivity (Wildman–Crippen MR) is 144 cm³/mol. The van der Waals surface area contributed by atoms with Crippen LogP contribution >= 0.6 is 7.92 Å². The van der Waals surface area contributed by atoms with Gasteiger partial charge in [-0.2, -0.15) is 0 Å². The van der Waals surface area contributed by atoms with Gasteiger partial charge < -0.3 is 5.32 Å². The molecule has 0 saturated carbocycles. The zero-order valence-electron chi connectivity index (χ0n) is 22.0. The highest BCUT2D eigenvalue weighted by molar-refractivity contribution is 7.66. The van der Waals surface area contributed by atoms with Crippen molar-refractivity contribution in [3.05, 3.63) is 53.1 Å². The summed E-state index contributed by atoms with van der Waals surface area (Å²) in [6.45, 7) is 25.5. The minimum atomic E-state index is -0.212. The van der Waals surface area contributed by atoms with E-state index in [9.17, 15) is 0 Å². The maximum absolute atomic E-state index is 3.84. The van der Waals surface area contributed by atoms with Crippen molar-refractivity contribution in [1.29, 1.82) is 0 Å². The Morgan fingerprint density at radius 3 is 1.58 bits per heavy atom. The van der Waals surface area contributed by atoms with Crippen LogP contribution < -0.4 is 10.6 Å². The van der Waals surface area contributed by atoms with Gasteiger partial charge in [-0.25, -0.2) is 0 Å². The molecular weight excluding hydrogens is 393 g/mol. The van der Waals surface area contributed by atoms with Gasteiger partial charge >= 0.3 is 0 Å². The summed E-state index contributed by atoms with van der Waals surface area (Å²) in [6, 6.07) is 14.1. The van der Waals surface area contributed by atoms with Gasteiger partial charge in [-0.3, -0.25) is 0 Å². The van der Waals surface area contributed by atoms with E-state index in [1.165, 1.54) is 40.4 Å². The predicted octanol–water partition coefficient (Wildman–Crippen LogP) is 8.75. The zero-order chi connectivity index (χ0) is 23.6. The topological polar surface area (TPSA) is 12.0 Å². The van der Waals surface area contributed by atoms with Gasteiger partial charge in [-0.05, 0) is 82.1 Å². The number of hydrogen-bond acceptors (Lipinski definition) is 1. The van der Waals surface area contributed by atoms with E-state index in [4.69, 9.17) is 0 Å². The monoisotopic (exact) mass is 439 g/mol. The molecule has 0 aliphatic rings. The van der Waals surface area contributed by atoms with E-state index < -0.39 is 0 Å². The average Bonchev–Trinajstić information content (AvgIpc) is 2.60. The van der Waals surface area contributed by atoms with Crippen LogP contribution in [0.2, 0.25) is 0 Å².